The molecular weight excluding hydrogens is 276 g/mol. The quantitative estimate of drug-likeness (QED) is 0.791. The highest BCUT2D eigenvalue weighted by Crippen LogP contribution is 2.39. The minimum atomic E-state index is -3.51. The molecule has 0 N–H and O–H groups in total. The second kappa shape index (κ2) is 4.93. The molecule has 0 amide bonds. The molecule has 0 aliphatic carbocycles. The normalized spacial score (nSPS) is 25.9. The van der Waals surface area contributed by atoms with Crippen molar-refractivity contribution in [1.82, 2.24) is 4.31 Å². The minimum absolute atomic E-state index is 0.168. The molecule has 2 heterocycles. The number of likely N-dealkylation sites (N-methyl/N-ethyl adjacent to an activating group) is 1. The van der Waals surface area contributed by atoms with E-state index in [1.165, 1.54) is 4.31 Å². The average molecular weight is 296 g/mol. The van der Waals surface area contributed by atoms with Gasteiger partial charge in [0.2, 0.25) is 10.0 Å². The van der Waals surface area contributed by atoms with Gasteiger partial charge in [0.25, 0.3) is 0 Å². The molecule has 5 nitrogen and oxygen atoms in total. The van der Waals surface area contributed by atoms with Crippen LogP contribution in [0.3, 0.4) is 0 Å². The van der Waals surface area contributed by atoms with Crippen molar-refractivity contribution in [2.24, 2.45) is 0 Å². The Labute approximate surface area is 120 Å². The first-order valence-electron chi connectivity index (χ1n) is 7.00. The van der Waals surface area contributed by atoms with Crippen molar-refractivity contribution in [2.75, 3.05) is 31.6 Å². The van der Waals surface area contributed by atoms with E-state index >= 15 is 0 Å². The lowest BCUT2D eigenvalue weighted by atomic mass is 10.2. The van der Waals surface area contributed by atoms with E-state index in [-0.39, 0.29) is 6.04 Å². The van der Waals surface area contributed by atoms with Crippen LogP contribution >= 0.6 is 0 Å². The number of nitrogens with zero attached hydrogens (tertiary/aromatic N) is 2. The molecule has 0 bridgehead atoms. The van der Waals surface area contributed by atoms with Crippen molar-refractivity contribution in [2.45, 2.75) is 30.7 Å². The summed E-state index contributed by atoms with van der Waals surface area (Å²) in [7, 11) is -1.88. The highest BCUT2D eigenvalue weighted by molar-refractivity contribution is 7.89. The summed E-state index contributed by atoms with van der Waals surface area (Å²) in [6.07, 6.45) is 2.22. The summed E-state index contributed by atoms with van der Waals surface area (Å²) in [4.78, 5) is 2.47. The molecule has 110 valence electrons. The smallest absolute Gasteiger partial charge is 0.248 e. The second-order valence-electron chi connectivity index (χ2n) is 5.48. The van der Waals surface area contributed by atoms with Gasteiger partial charge in [-0.3, -0.25) is 0 Å². The van der Waals surface area contributed by atoms with E-state index in [4.69, 9.17) is 4.74 Å². The Morgan fingerprint density at radius 2 is 1.95 bits per heavy atom. The van der Waals surface area contributed by atoms with Gasteiger partial charge in [0.05, 0.1) is 11.7 Å². The van der Waals surface area contributed by atoms with Gasteiger partial charge in [0.15, 0.2) is 0 Å². The zero-order valence-electron chi connectivity index (χ0n) is 11.9. The lowest BCUT2D eigenvalue weighted by Crippen LogP contribution is -2.37. The summed E-state index contributed by atoms with van der Waals surface area (Å²) in [5.41, 5.74) is 0.779. The van der Waals surface area contributed by atoms with Crippen LogP contribution in [0.25, 0.3) is 0 Å². The first-order valence-corrected chi connectivity index (χ1v) is 8.44. The lowest BCUT2D eigenvalue weighted by molar-refractivity contribution is 0.241. The van der Waals surface area contributed by atoms with E-state index in [0.717, 1.165) is 31.6 Å². The van der Waals surface area contributed by atoms with Gasteiger partial charge in [-0.05, 0) is 31.9 Å². The zero-order chi connectivity index (χ0) is 14.3. The lowest BCUT2D eigenvalue weighted by Gasteiger charge is -2.24. The summed E-state index contributed by atoms with van der Waals surface area (Å²) in [5, 5.41) is 0. The van der Waals surface area contributed by atoms with Gasteiger partial charge < -0.3 is 9.64 Å². The molecule has 0 unspecified atom stereocenters. The Bertz CT molecular complexity index is 609. The summed E-state index contributed by atoms with van der Waals surface area (Å²) in [5.74, 6) is 0.477. The second-order valence-corrected chi connectivity index (χ2v) is 7.41. The molecule has 1 aromatic carbocycles. The molecule has 1 fully saturated rings. The molecule has 3 rings (SSSR count). The largest absolute Gasteiger partial charge is 0.490 e. The Kier molecular flexibility index (Phi) is 3.38. The van der Waals surface area contributed by atoms with Crippen molar-refractivity contribution in [3.8, 4) is 5.75 Å². The van der Waals surface area contributed by atoms with Crippen molar-refractivity contribution in [1.29, 1.82) is 0 Å². The maximum Gasteiger partial charge on any atom is 0.248 e. The van der Waals surface area contributed by atoms with Crippen molar-refractivity contribution < 1.29 is 13.2 Å². The van der Waals surface area contributed by atoms with E-state index in [1.54, 1.807) is 13.1 Å². The molecular formula is C14H20N2O3S. The van der Waals surface area contributed by atoms with E-state index in [9.17, 15) is 8.42 Å². The van der Waals surface area contributed by atoms with Crippen LogP contribution in [0.15, 0.2) is 23.1 Å². The van der Waals surface area contributed by atoms with Crippen LogP contribution in [-0.2, 0) is 10.0 Å². The molecule has 20 heavy (non-hydrogen) atoms. The molecule has 1 saturated heterocycles. The maximum atomic E-state index is 12.8. The van der Waals surface area contributed by atoms with Crippen LogP contribution in [0, 0.1) is 0 Å². The standard InChI is InChI=1S/C14H20N2O3S/c1-11-10-19-13-7-5-6-12(16-8-3-4-9-16)14(13)20(17,18)15(11)2/h5-7,11H,3-4,8-10H2,1-2H3/t11-/m1/s1. The third-order valence-electron chi connectivity index (χ3n) is 4.14. The zero-order valence-corrected chi connectivity index (χ0v) is 12.7. The molecule has 0 saturated carbocycles. The average Bonchev–Trinajstić information content (AvgIpc) is 2.94. The fourth-order valence-corrected chi connectivity index (χ4v) is 4.45. The molecule has 2 aliphatic rings. The molecule has 1 aromatic rings. The van der Waals surface area contributed by atoms with E-state index in [0.29, 0.717) is 17.3 Å². The number of anilines is 1. The van der Waals surface area contributed by atoms with Gasteiger partial charge in [-0.1, -0.05) is 6.07 Å². The Balaban J connectivity index is 2.18. The van der Waals surface area contributed by atoms with Crippen LogP contribution in [0.1, 0.15) is 19.8 Å². The monoisotopic (exact) mass is 296 g/mol. The third-order valence-corrected chi connectivity index (χ3v) is 6.19. The fraction of sp³-hybridized carbons (Fsp3) is 0.571. The molecule has 0 radical (unpaired) electrons. The van der Waals surface area contributed by atoms with Gasteiger partial charge in [-0.15, -0.1) is 0 Å². The van der Waals surface area contributed by atoms with Crippen molar-refractivity contribution in [3.63, 3.8) is 0 Å². The number of ether oxygens (including phenoxy) is 1. The molecule has 2 aliphatic heterocycles. The van der Waals surface area contributed by atoms with E-state index < -0.39 is 10.0 Å². The van der Waals surface area contributed by atoms with Gasteiger partial charge in [0.1, 0.15) is 17.3 Å². The van der Waals surface area contributed by atoms with Gasteiger partial charge >= 0.3 is 0 Å². The molecule has 1 atom stereocenters. The Morgan fingerprint density at radius 3 is 2.65 bits per heavy atom. The van der Waals surface area contributed by atoms with Crippen molar-refractivity contribution in [3.05, 3.63) is 18.2 Å². The summed E-state index contributed by atoms with van der Waals surface area (Å²) < 4.78 is 32.8. The Hall–Kier alpha value is -1.27. The number of rotatable bonds is 1. The predicted octanol–water partition coefficient (Wildman–Crippen LogP) is 1.69. The number of hydrogen-bond acceptors (Lipinski definition) is 4. The Morgan fingerprint density at radius 1 is 1.25 bits per heavy atom. The van der Waals surface area contributed by atoms with E-state index in [2.05, 4.69) is 4.90 Å². The van der Waals surface area contributed by atoms with Gasteiger partial charge in [0, 0.05) is 20.1 Å². The molecule has 0 aromatic heterocycles. The maximum absolute atomic E-state index is 12.8. The summed E-state index contributed by atoms with van der Waals surface area (Å²) in [6, 6.07) is 5.34. The van der Waals surface area contributed by atoms with Gasteiger partial charge in [-0.25, -0.2) is 8.42 Å². The third kappa shape index (κ3) is 2.07. The first-order chi connectivity index (χ1) is 9.51. The van der Waals surface area contributed by atoms with Crippen LogP contribution in [0.4, 0.5) is 5.69 Å². The van der Waals surface area contributed by atoms with Crippen LogP contribution < -0.4 is 9.64 Å². The minimum Gasteiger partial charge on any atom is -0.490 e. The highest BCUT2D eigenvalue weighted by atomic mass is 32.2. The summed E-state index contributed by atoms with van der Waals surface area (Å²) >= 11 is 0. The predicted molar refractivity (Wildman–Crippen MR) is 77.8 cm³/mol. The van der Waals surface area contributed by atoms with Crippen LogP contribution in [-0.4, -0.2) is 45.5 Å². The highest BCUT2D eigenvalue weighted by Gasteiger charge is 2.36. The summed E-state index contributed by atoms with van der Waals surface area (Å²) in [6.45, 7) is 4.06. The van der Waals surface area contributed by atoms with Crippen LogP contribution in [0.5, 0.6) is 5.75 Å². The van der Waals surface area contributed by atoms with Gasteiger partial charge in [-0.2, -0.15) is 4.31 Å². The van der Waals surface area contributed by atoms with E-state index in [1.807, 2.05) is 19.1 Å². The fourth-order valence-electron chi connectivity index (χ4n) is 2.78. The van der Waals surface area contributed by atoms with Crippen LogP contribution in [0.2, 0.25) is 0 Å². The molecule has 6 heteroatoms. The van der Waals surface area contributed by atoms with Crippen molar-refractivity contribution >= 4 is 15.7 Å². The topological polar surface area (TPSA) is 49.9 Å². The molecule has 0 spiro atoms. The SMILES string of the molecule is C[C@@H]1COc2cccc(N3CCCC3)c2S(=O)(=O)N1C. The first kappa shape index (κ1) is 13.7. The number of benzene rings is 1. The number of hydrogen-bond donors (Lipinski definition) is 0. The number of fused-ring (bicyclic) bond motifs is 1. The number of sulfonamides is 1.